The molecule has 118 valence electrons. The number of rotatable bonds is 5. The zero-order valence-corrected chi connectivity index (χ0v) is 12.3. The van der Waals surface area contributed by atoms with Crippen LogP contribution in [-0.2, 0) is 0 Å². The van der Waals surface area contributed by atoms with Gasteiger partial charge < -0.3 is 16.1 Å². The van der Waals surface area contributed by atoms with E-state index in [0.717, 1.165) is 6.07 Å². The van der Waals surface area contributed by atoms with E-state index in [1.165, 1.54) is 12.1 Å². The maximum Gasteiger partial charge on any atom is 0.300 e. The lowest BCUT2D eigenvalue weighted by Gasteiger charge is -2.31. The Balaban J connectivity index is 2.10. The first kappa shape index (κ1) is 15.9. The van der Waals surface area contributed by atoms with E-state index in [1.54, 1.807) is 0 Å². The number of thiocarbonyl (C=S) groups is 1. The summed E-state index contributed by atoms with van der Waals surface area (Å²) in [7, 11) is 0. The molecular formula is C11H14N6O4S. The van der Waals surface area contributed by atoms with Gasteiger partial charge in [0, 0.05) is 18.5 Å². The van der Waals surface area contributed by atoms with Crippen LogP contribution < -0.4 is 21.5 Å². The minimum Gasteiger partial charge on any atom is -0.360 e. The van der Waals surface area contributed by atoms with Crippen LogP contribution in [0.3, 0.4) is 0 Å². The van der Waals surface area contributed by atoms with Crippen LogP contribution in [0.15, 0.2) is 18.2 Å². The normalized spacial score (nSPS) is 20.7. The topological polar surface area (TPSA) is 134 Å². The van der Waals surface area contributed by atoms with Gasteiger partial charge in [-0.1, -0.05) is 0 Å². The third-order valence-electron chi connectivity index (χ3n) is 3.04. The van der Waals surface area contributed by atoms with Crippen LogP contribution in [0.2, 0.25) is 0 Å². The maximum absolute atomic E-state index is 11.0. The molecule has 22 heavy (non-hydrogen) atoms. The number of non-ortho nitro benzene ring substituents is 1. The zero-order chi connectivity index (χ0) is 16.3. The van der Waals surface area contributed by atoms with E-state index in [9.17, 15) is 20.2 Å². The average Bonchev–Trinajstić information content (AvgIpc) is 2.43. The Morgan fingerprint density at radius 2 is 2.00 bits per heavy atom. The predicted molar refractivity (Wildman–Crippen MR) is 83.2 cm³/mol. The number of hydrogen-bond donors (Lipinski definition) is 4. The second kappa shape index (κ2) is 6.49. The van der Waals surface area contributed by atoms with Gasteiger partial charge in [-0.3, -0.25) is 20.2 Å². The molecule has 1 fully saturated rings. The van der Waals surface area contributed by atoms with Crippen molar-refractivity contribution in [3.05, 3.63) is 38.4 Å². The summed E-state index contributed by atoms with van der Waals surface area (Å²) in [5.74, 6) is 0. The van der Waals surface area contributed by atoms with Crippen molar-refractivity contribution in [3.63, 3.8) is 0 Å². The van der Waals surface area contributed by atoms with Gasteiger partial charge in [-0.2, -0.15) is 0 Å². The summed E-state index contributed by atoms with van der Waals surface area (Å²) in [5.41, 5.74) is 5.00. The summed E-state index contributed by atoms with van der Waals surface area (Å²) >= 11 is 5.03. The number of nitro groups is 2. The summed E-state index contributed by atoms with van der Waals surface area (Å²) in [5, 5.41) is 28.2. The van der Waals surface area contributed by atoms with Crippen molar-refractivity contribution in [1.29, 1.82) is 0 Å². The van der Waals surface area contributed by atoms with Crippen molar-refractivity contribution in [1.82, 2.24) is 16.1 Å². The quantitative estimate of drug-likeness (QED) is 0.355. The molecule has 0 aliphatic carbocycles. The highest BCUT2D eigenvalue weighted by Crippen LogP contribution is 2.28. The first-order valence-corrected chi connectivity index (χ1v) is 6.79. The van der Waals surface area contributed by atoms with E-state index < -0.39 is 9.85 Å². The Morgan fingerprint density at radius 1 is 1.27 bits per heavy atom. The molecule has 1 aliphatic rings. The van der Waals surface area contributed by atoms with Gasteiger partial charge in [0.05, 0.1) is 22.1 Å². The smallest absolute Gasteiger partial charge is 0.300 e. The number of hydrogen-bond acceptors (Lipinski definition) is 7. The molecular weight excluding hydrogens is 312 g/mol. The molecule has 0 amide bonds. The van der Waals surface area contributed by atoms with Crippen LogP contribution in [0.1, 0.15) is 13.3 Å². The molecule has 4 N–H and O–H groups in total. The molecule has 1 aromatic carbocycles. The van der Waals surface area contributed by atoms with Gasteiger partial charge in [0.2, 0.25) is 0 Å². The molecule has 11 heteroatoms. The Kier molecular flexibility index (Phi) is 4.68. The van der Waals surface area contributed by atoms with Crippen LogP contribution in [0.4, 0.5) is 17.1 Å². The number of anilines is 1. The lowest BCUT2D eigenvalue weighted by molar-refractivity contribution is -0.393. The van der Waals surface area contributed by atoms with Gasteiger partial charge in [0.1, 0.15) is 5.69 Å². The molecule has 0 bridgehead atoms. The minimum absolute atomic E-state index is 0.134. The molecule has 2 atom stereocenters. The van der Waals surface area contributed by atoms with Crippen molar-refractivity contribution in [2.45, 2.75) is 25.6 Å². The molecule has 0 saturated carbocycles. The van der Waals surface area contributed by atoms with E-state index in [-0.39, 0.29) is 29.3 Å². The number of nitrogens with one attached hydrogen (secondary N) is 4. The molecule has 1 aromatic rings. The molecule has 2 rings (SSSR count). The first-order chi connectivity index (χ1) is 10.4. The van der Waals surface area contributed by atoms with Crippen molar-refractivity contribution in [2.24, 2.45) is 0 Å². The molecule has 1 saturated heterocycles. The fraction of sp³-hybridized carbons (Fsp3) is 0.364. The van der Waals surface area contributed by atoms with Crippen LogP contribution in [0.5, 0.6) is 0 Å². The average molecular weight is 326 g/mol. The van der Waals surface area contributed by atoms with E-state index in [0.29, 0.717) is 11.5 Å². The SMILES string of the molecule is C[C@@H]1C[C@@H](NNc2ccc([N+](=O)[O-])cc2[N+](=O)[O-])NC(=S)N1. The van der Waals surface area contributed by atoms with E-state index in [1.807, 2.05) is 6.92 Å². The van der Waals surface area contributed by atoms with E-state index in [4.69, 9.17) is 12.2 Å². The standard InChI is InChI=1S/C11H14N6O4S/c1-6-4-10(13-11(22)12-6)15-14-8-3-2-7(16(18)19)5-9(8)17(20)21/h2-3,5-6,10,14-15H,4H2,1H3,(H2,12,13,22)/t6-,10-/m1/s1. The molecule has 0 unspecified atom stereocenters. The van der Waals surface area contributed by atoms with E-state index >= 15 is 0 Å². The third-order valence-corrected chi connectivity index (χ3v) is 3.28. The number of benzene rings is 1. The fourth-order valence-corrected chi connectivity index (χ4v) is 2.39. The Labute approximate surface area is 130 Å². The first-order valence-electron chi connectivity index (χ1n) is 6.38. The molecule has 10 nitrogen and oxygen atoms in total. The monoisotopic (exact) mass is 326 g/mol. The van der Waals surface area contributed by atoms with Crippen molar-refractivity contribution in [2.75, 3.05) is 5.43 Å². The molecule has 1 aliphatic heterocycles. The second-order valence-electron chi connectivity index (χ2n) is 4.79. The van der Waals surface area contributed by atoms with Crippen LogP contribution in [0, 0.1) is 20.2 Å². The summed E-state index contributed by atoms with van der Waals surface area (Å²) in [6.07, 6.45) is 0.465. The summed E-state index contributed by atoms with van der Waals surface area (Å²) in [4.78, 5) is 20.3. The predicted octanol–water partition coefficient (Wildman–Crippen LogP) is 1.00. The fourth-order valence-electron chi connectivity index (χ4n) is 2.05. The summed E-state index contributed by atoms with van der Waals surface area (Å²) in [6, 6.07) is 3.54. The second-order valence-corrected chi connectivity index (χ2v) is 5.20. The van der Waals surface area contributed by atoms with Crippen LogP contribution in [-0.4, -0.2) is 27.2 Å². The molecule has 0 aromatic heterocycles. The number of nitro benzene ring substituents is 2. The highest BCUT2D eigenvalue weighted by molar-refractivity contribution is 7.80. The van der Waals surface area contributed by atoms with Crippen molar-refractivity contribution >= 4 is 34.4 Å². The Hall–Kier alpha value is -2.53. The number of nitrogens with zero attached hydrogens (tertiary/aromatic N) is 2. The number of hydrazine groups is 1. The summed E-state index contributed by atoms with van der Waals surface area (Å²) < 4.78 is 0. The van der Waals surface area contributed by atoms with Gasteiger partial charge in [-0.25, -0.2) is 5.43 Å². The highest BCUT2D eigenvalue weighted by Gasteiger charge is 2.23. The Bertz CT molecular complexity index is 625. The van der Waals surface area contributed by atoms with Gasteiger partial charge in [0.15, 0.2) is 5.11 Å². The largest absolute Gasteiger partial charge is 0.360 e. The highest BCUT2D eigenvalue weighted by atomic mass is 32.1. The lowest BCUT2D eigenvalue weighted by atomic mass is 10.1. The van der Waals surface area contributed by atoms with Crippen LogP contribution in [0.25, 0.3) is 0 Å². The van der Waals surface area contributed by atoms with Gasteiger partial charge in [0.25, 0.3) is 5.69 Å². The van der Waals surface area contributed by atoms with Gasteiger partial charge in [-0.15, -0.1) is 0 Å². The summed E-state index contributed by atoms with van der Waals surface area (Å²) in [6.45, 7) is 1.95. The maximum atomic E-state index is 11.0. The zero-order valence-electron chi connectivity index (χ0n) is 11.5. The third kappa shape index (κ3) is 3.77. The van der Waals surface area contributed by atoms with Crippen molar-refractivity contribution < 1.29 is 9.85 Å². The van der Waals surface area contributed by atoms with E-state index in [2.05, 4.69) is 21.5 Å². The Morgan fingerprint density at radius 3 is 2.59 bits per heavy atom. The molecule has 1 heterocycles. The van der Waals surface area contributed by atoms with Gasteiger partial charge >= 0.3 is 5.69 Å². The van der Waals surface area contributed by atoms with Crippen LogP contribution >= 0.6 is 12.2 Å². The minimum atomic E-state index is -0.682. The van der Waals surface area contributed by atoms with Gasteiger partial charge in [-0.05, 0) is 25.2 Å². The van der Waals surface area contributed by atoms with Crippen molar-refractivity contribution in [3.8, 4) is 0 Å². The molecule has 0 radical (unpaired) electrons. The lowest BCUT2D eigenvalue weighted by Crippen LogP contribution is -2.59. The molecule has 0 spiro atoms.